The van der Waals surface area contributed by atoms with Gasteiger partial charge in [0.15, 0.2) is 0 Å². The van der Waals surface area contributed by atoms with Gasteiger partial charge in [0.25, 0.3) is 0 Å². The van der Waals surface area contributed by atoms with Crippen LogP contribution in [-0.2, 0) is 6.54 Å². The highest BCUT2D eigenvalue weighted by atomic mass is 79.9. The Hall–Kier alpha value is -0.450. The number of nitrogens with two attached hydrogens (primary N) is 1. The molecule has 2 nitrogen and oxygen atoms in total. The van der Waals surface area contributed by atoms with Crippen molar-refractivity contribution in [2.45, 2.75) is 31.8 Å². The second-order valence-corrected chi connectivity index (χ2v) is 6.72. The lowest BCUT2D eigenvalue weighted by Crippen LogP contribution is -2.38. The molecule has 3 unspecified atom stereocenters. The van der Waals surface area contributed by atoms with Crippen LogP contribution in [0.25, 0.3) is 0 Å². The van der Waals surface area contributed by atoms with E-state index in [1.165, 1.54) is 25.3 Å². The summed E-state index contributed by atoms with van der Waals surface area (Å²) in [6.45, 7) is 2.99. The quantitative estimate of drug-likeness (QED) is 0.904. The number of benzene rings is 1. The van der Waals surface area contributed by atoms with Gasteiger partial charge in [0.1, 0.15) is 5.82 Å². The smallest absolute Gasteiger partial charge is 0.137 e. The summed E-state index contributed by atoms with van der Waals surface area (Å²) in [6, 6.07) is 5.63. The molecule has 2 fully saturated rings. The maximum absolute atomic E-state index is 13.5. The molecule has 0 amide bonds. The molecule has 2 N–H and O–H groups in total. The van der Waals surface area contributed by atoms with Crippen molar-refractivity contribution in [3.8, 4) is 0 Å². The molecule has 1 saturated carbocycles. The van der Waals surface area contributed by atoms with E-state index in [0.29, 0.717) is 16.4 Å². The molecule has 1 saturated heterocycles. The number of nitrogens with zero attached hydrogens (tertiary/aromatic N) is 1. The van der Waals surface area contributed by atoms with Gasteiger partial charge >= 0.3 is 0 Å². The second-order valence-electron chi connectivity index (χ2n) is 5.93. The van der Waals surface area contributed by atoms with Crippen molar-refractivity contribution in [2.75, 3.05) is 13.1 Å². The van der Waals surface area contributed by atoms with Crippen LogP contribution >= 0.6 is 15.9 Å². The lowest BCUT2D eigenvalue weighted by atomic mass is 9.78. The maximum atomic E-state index is 13.5. The summed E-state index contributed by atoms with van der Waals surface area (Å²) < 4.78 is 14.1. The lowest BCUT2D eigenvalue weighted by molar-refractivity contribution is 0.259. The van der Waals surface area contributed by atoms with Gasteiger partial charge in [-0.15, -0.1) is 0 Å². The SMILES string of the molecule is NC1CCCC2CN(Cc3cccc(F)c3Br)CC12. The zero-order valence-corrected chi connectivity index (χ0v) is 12.6. The summed E-state index contributed by atoms with van der Waals surface area (Å²) in [4.78, 5) is 2.43. The fourth-order valence-electron chi connectivity index (χ4n) is 3.65. The summed E-state index contributed by atoms with van der Waals surface area (Å²) in [6.07, 6.45) is 3.73. The molecular weight excluding hydrogens is 307 g/mol. The number of rotatable bonds is 2. The van der Waals surface area contributed by atoms with Crippen LogP contribution in [-0.4, -0.2) is 24.0 Å². The first kappa shape index (κ1) is 13.5. The zero-order chi connectivity index (χ0) is 13.4. The number of likely N-dealkylation sites (tertiary alicyclic amines) is 1. The molecule has 1 heterocycles. The van der Waals surface area contributed by atoms with Crippen LogP contribution in [0.15, 0.2) is 22.7 Å². The highest BCUT2D eigenvalue weighted by Gasteiger charge is 2.38. The van der Waals surface area contributed by atoms with E-state index < -0.39 is 0 Å². The molecule has 0 aromatic heterocycles. The molecule has 1 aliphatic carbocycles. The zero-order valence-electron chi connectivity index (χ0n) is 11.0. The Morgan fingerprint density at radius 2 is 2.16 bits per heavy atom. The predicted molar refractivity (Wildman–Crippen MR) is 78.2 cm³/mol. The standard InChI is InChI=1S/C15H20BrFN2/c16-15-11(4-1-5-13(15)17)8-19-7-10-3-2-6-14(18)12(10)9-19/h1,4-5,10,12,14H,2-3,6-9,18H2. The molecule has 2 aliphatic rings. The van der Waals surface area contributed by atoms with Gasteiger partial charge in [-0.05, 0) is 52.2 Å². The highest BCUT2D eigenvalue weighted by molar-refractivity contribution is 9.10. The molecule has 19 heavy (non-hydrogen) atoms. The van der Waals surface area contributed by atoms with E-state index in [2.05, 4.69) is 20.8 Å². The Kier molecular flexibility index (Phi) is 3.92. The van der Waals surface area contributed by atoms with E-state index >= 15 is 0 Å². The van der Waals surface area contributed by atoms with E-state index in [9.17, 15) is 4.39 Å². The number of hydrogen-bond donors (Lipinski definition) is 1. The molecule has 3 rings (SSSR count). The third-order valence-corrected chi connectivity index (χ3v) is 5.54. The minimum atomic E-state index is -0.175. The third-order valence-electron chi connectivity index (χ3n) is 4.66. The summed E-state index contributed by atoms with van der Waals surface area (Å²) in [7, 11) is 0. The van der Waals surface area contributed by atoms with E-state index in [1.54, 1.807) is 6.07 Å². The first-order chi connectivity index (χ1) is 9.15. The van der Waals surface area contributed by atoms with Crippen molar-refractivity contribution in [2.24, 2.45) is 17.6 Å². The fourth-order valence-corrected chi connectivity index (χ4v) is 4.04. The molecule has 1 aromatic carbocycles. The molecule has 1 aliphatic heterocycles. The minimum Gasteiger partial charge on any atom is -0.327 e. The van der Waals surface area contributed by atoms with Gasteiger partial charge in [0.2, 0.25) is 0 Å². The van der Waals surface area contributed by atoms with Crippen LogP contribution in [0.5, 0.6) is 0 Å². The Labute approximate surface area is 122 Å². The van der Waals surface area contributed by atoms with Crippen LogP contribution in [0.3, 0.4) is 0 Å². The molecule has 0 bridgehead atoms. The summed E-state index contributed by atoms with van der Waals surface area (Å²) in [5, 5.41) is 0. The normalized spacial score (nSPS) is 31.4. The molecule has 3 atom stereocenters. The van der Waals surface area contributed by atoms with E-state index in [0.717, 1.165) is 31.1 Å². The van der Waals surface area contributed by atoms with Gasteiger partial charge < -0.3 is 5.73 Å². The van der Waals surface area contributed by atoms with Crippen molar-refractivity contribution in [3.63, 3.8) is 0 Å². The summed E-state index contributed by atoms with van der Waals surface area (Å²) in [5.41, 5.74) is 7.27. The van der Waals surface area contributed by atoms with Gasteiger partial charge in [-0.1, -0.05) is 18.6 Å². The topological polar surface area (TPSA) is 29.3 Å². The fraction of sp³-hybridized carbons (Fsp3) is 0.600. The molecule has 104 valence electrons. The molecule has 1 aromatic rings. The summed E-state index contributed by atoms with van der Waals surface area (Å²) >= 11 is 3.35. The Bertz CT molecular complexity index is 465. The number of halogens is 2. The van der Waals surface area contributed by atoms with Gasteiger partial charge in [0.05, 0.1) is 4.47 Å². The monoisotopic (exact) mass is 326 g/mol. The van der Waals surface area contributed by atoms with E-state index in [4.69, 9.17) is 5.73 Å². The van der Waals surface area contributed by atoms with E-state index in [-0.39, 0.29) is 5.82 Å². The first-order valence-electron chi connectivity index (χ1n) is 7.06. The second kappa shape index (κ2) is 5.51. The molecule has 0 spiro atoms. The van der Waals surface area contributed by atoms with Crippen LogP contribution in [0, 0.1) is 17.7 Å². The van der Waals surface area contributed by atoms with Crippen molar-refractivity contribution < 1.29 is 4.39 Å². The van der Waals surface area contributed by atoms with Crippen LogP contribution in [0.4, 0.5) is 4.39 Å². The number of hydrogen-bond acceptors (Lipinski definition) is 2. The largest absolute Gasteiger partial charge is 0.327 e. The Balaban J connectivity index is 1.70. The Morgan fingerprint density at radius 1 is 1.32 bits per heavy atom. The van der Waals surface area contributed by atoms with Crippen molar-refractivity contribution in [1.82, 2.24) is 4.90 Å². The third kappa shape index (κ3) is 2.71. The molecule has 4 heteroatoms. The van der Waals surface area contributed by atoms with Gasteiger partial charge in [-0.2, -0.15) is 0 Å². The molecule has 0 radical (unpaired) electrons. The molecular formula is C15H20BrFN2. The van der Waals surface area contributed by atoms with Gasteiger partial charge in [-0.25, -0.2) is 4.39 Å². The van der Waals surface area contributed by atoms with Crippen molar-refractivity contribution in [3.05, 3.63) is 34.1 Å². The predicted octanol–water partition coefficient (Wildman–Crippen LogP) is 3.15. The van der Waals surface area contributed by atoms with Crippen molar-refractivity contribution in [1.29, 1.82) is 0 Å². The number of fused-ring (bicyclic) bond motifs is 1. The average Bonchev–Trinajstić information content (AvgIpc) is 2.79. The van der Waals surface area contributed by atoms with Crippen LogP contribution < -0.4 is 5.73 Å². The minimum absolute atomic E-state index is 0.175. The average molecular weight is 327 g/mol. The van der Waals surface area contributed by atoms with Crippen molar-refractivity contribution >= 4 is 15.9 Å². The summed E-state index contributed by atoms with van der Waals surface area (Å²) in [5.74, 6) is 1.21. The van der Waals surface area contributed by atoms with Crippen LogP contribution in [0.1, 0.15) is 24.8 Å². The Morgan fingerprint density at radius 3 is 2.95 bits per heavy atom. The van der Waals surface area contributed by atoms with Crippen LogP contribution in [0.2, 0.25) is 0 Å². The van der Waals surface area contributed by atoms with Gasteiger partial charge in [-0.3, -0.25) is 4.90 Å². The lowest BCUT2D eigenvalue weighted by Gasteiger charge is -2.29. The van der Waals surface area contributed by atoms with E-state index in [1.807, 2.05) is 6.07 Å². The van der Waals surface area contributed by atoms with Gasteiger partial charge in [0, 0.05) is 25.7 Å². The highest BCUT2D eigenvalue weighted by Crippen LogP contribution is 2.36. The maximum Gasteiger partial charge on any atom is 0.137 e. The first-order valence-corrected chi connectivity index (χ1v) is 7.85.